The van der Waals surface area contributed by atoms with Crippen molar-refractivity contribution in [3.05, 3.63) is 77.1 Å². The normalized spacial score (nSPS) is 11.2. The van der Waals surface area contributed by atoms with Crippen molar-refractivity contribution >= 4 is 18.0 Å². The molecule has 0 saturated carbocycles. The Kier molecular flexibility index (Phi) is 4.88. The van der Waals surface area contributed by atoms with Crippen LogP contribution in [0.1, 0.15) is 22.3 Å². The van der Waals surface area contributed by atoms with Crippen molar-refractivity contribution < 1.29 is 0 Å². The van der Waals surface area contributed by atoms with Gasteiger partial charge in [0.1, 0.15) is 6.33 Å². The Morgan fingerprint density at radius 3 is 2.35 bits per heavy atom. The van der Waals surface area contributed by atoms with Crippen LogP contribution in [0.5, 0.6) is 0 Å². The topological polar surface area (TPSA) is 43.1 Å². The molecule has 3 aromatic rings. The van der Waals surface area contributed by atoms with E-state index in [9.17, 15) is 0 Å². The van der Waals surface area contributed by atoms with Crippen molar-refractivity contribution in [1.29, 1.82) is 0 Å². The number of aromatic nitrogens is 3. The van der Waals surface area contributed by atoms with Crippen LogP contribution in [0.4, 0.5) is 0 Å². The second kappa shape index (κ2) is 7.24. The van der Waals surface area contributed by atoms with Gasteiger partial charge in [0.25, 0.3) is 0 Å². The fourth-order valence-electron chi connectivity index (χ4n) is 2.01. The quantitative estimate of drug-likeness (QED) is 0.525. The van der Waals surface area contributed by atoms with Gasteiger partial charge in [-0.25, -0.2) is 0 Å². The van der Waals surface area contributed by atoms with E-state index in [1.165, 1.54) is 16.7 Å². The molecule has 0 aliphatic carbocycles. The summed E-state index contributed by atoms with van der Waals surface area (Å²) in [5, 5.41) is 13.3. The van der Waals surface area contributed by atoms with Crippen molar-refractivity contribution in [1.82, 2.24) is 14.9 Å². The van der Waals surface area contributed by atoms with E-state index < -0.39 is 0 Å². The van der Waals surface area contributed by atoms with Crippen LogP contribution in [0, 0.1) is 13.8 Å². The summed E-state index contributed by atoms with van der Waals surface area (Å²) in [6.07, 6.45) is 3.45. The molecule has 0 aliphatic rings. The molecular weight excluding hydrogens is 304 g/mol. The maximum atomic E-state index is 4.44. The van der Waals surface area contributed by atoms with Crippen LogP contribution < -0.4 is 0 Å². The van der Waals surface area contributed by atoms with E-state index in [0.717, 1.165) is 16.5 Å². The van der Waals surface area contributed by atoms with Crippen LogP contribution >= 0.6 is 11.8 Å². The van der Waals surface area contributed by atoms with E-state index in [2.05, 4.69) is 65.5 Å². The summed E-state index contributed by atoms with van der Waals surface area (Å²) in [7, 11) is 0. The number of aryl methyl sites for hydroxylation is 2. The molecule has 0 bridgehead atoms. The van der Waals surface area contributed by atoms with Crippen LogP contribution in [0.15, 0.2) is 65.1 Å². The van der Waals surface area contributed by atoms with Gasteiger partial charge in [0.15, 0.2) is 0 Å². The highest BCUT2D eigenvalue weighted by Gasteiger charge is 2.04. The first-order valence-corrected chi connectivity index (χ1v) is 8.39. The summed E-state index contributed by atoms with van der Waals surface area (Å²) in [5.74, 6) is 0.846. The zero-order valence-electron chi connectivity index (χ0n) is 13.2. The van der Waals surface area contributed by atoms with Crippen LogP contribution in [0.25, 0.3) is 0 Å². The fourth-order valence-corrected chi connectivity index (χ4v) is 2.83. The predicted octanol–water partition coefficient (Wildman–Crippen LogP) is 4.07. The van der Waals surface area contributed by atoms with E-state index in [-0.39, 0.29) is 0 Å². The summed E-state index contributed by atoms with van der Waals surface area (Å²) in [6, 6.07) is 16.7. The highest BCUT2D eigenvalue weighted by Crippen LogP contribution is 2.20. The molecule has 0 radical (unpaired) electrons. The molecular formula is C18H18N4S. The second-order valence-corrected chi connectivity index (χ2v) is 6.33. The maximum absolute atomic E-state index is 4.44. The number of hydrogen-bond acceptors (Lipinski definition) is 4. The maximum Gasteiger partial charge on any atom is 0.212 e. The van der Waals surface area contributed by atoms with Crippen LogP contribution in [-0.2, 0) is 5.75 Å². The standard InChI is InChI=1S/C18H18N4S/c1-14-3-7-16(8-4-14)11-20-22-13-19-21-18(22)23-12-17-9-5-15(2)6-10-17/h3-11,13H,12H2,1-2H3/b20-11-. The first-order valence-electron chi connectivity index (χ1n) is 7.40. The Bertz CT molecular complexity index is 789. The summed E-state index contributed by atoms with van der Waals surface area (Å²) >= 11 is 1.63. The number of hydrogen-bond donors (Lipinski definition) is 0. The molecule has 5 heteroatoms. The predicted molar refractivity (Wildman–Crippen MR) is 94.9 cm³/mol. The van der Waals surface area contributed by atoms with Crippen molar-refractivity contribution in [3.63, 3.8) is 0 Å². The van der Waals surface area contributed by atoms with E-state index in [1.807, 2.05) is 18.3 Å². The minimum absolute atomic E-state index is 0.786. The molecule has 0 fully saturated rings. The van der Waals surface area contributed by atoms with Gasteiger partial charge in [-0.1, -0.05) is 71.4 Å². The zero-order chi connectivity index (χ0) is 16.1. The molecule has 0 aliphatic heterocycles. The van der Waals surface area contributed by atoms with Crippen LogP contribution in [-0.4, -0.2) is 21.1 Å². The average molecular weight is 322 g/mol. The first-order chi connectivity index (χ1) is 11.2. The van der Waals surface area contributed by atoms with E-state index in [1.54, 1.807) is 22.8 Å². The number of thioether (sulfide) groups is 1. The van der Waals surface area contributed by atoms with Gasteiger partial charge >= 0.3 is 0 Å². The molecule has 0 N–H and O–H groups in total. The molecule has 1 heterocycles. The molecule has 3 rings (SSSR count). The van der Waals surface area contributed by atoms with Gasteiger partial charge < -0.3 is 0 Å². The largest absolute Gasteiger partial charge is 0.212 e. The molecule has 0 atom stereocenters. The second-order valence-electron chi connectivity index (χ2n) is 5.39. The Hall–Kier alpha value is -2.40. The van der Waals surface area contributed by atoms with Gasteiger partial charge in [-0.05, 0) is 25.0 Å². The molecule has 1 aromatic heterocycles. The minimum atomic E-state index is 0.786. The average Bonchev–Trinajstić information content (AvgIpc) is 3.01. The Morgan fingerprint density at radius 2 is 1.65 bits per heavy atom. The SMILES string of the molecule is Cc1ccc(/C=N\n2cnnc2SCc2ccc(C)cc2)cc1. The van der Waals surface area contributed by atoms with Crippen LogP contribution in [0.2, 0.25) is 0 Å². The molecule has 0 amide bonds. The van der Waals surface area contributed by atoms with Gasteiger partial charge in [0.2, 0.25) is 5.16 Å². The van der Waals surface area contributed by atoms with Crippen molar-refractivity contribution in [2.75, 3.05) is 0 Å². The minimum Gasteiger partial charge on any atom is -0.195 e. The van der Waals surface area contributed by atoms with E-state index in [4.69, 9.17) is 0 Å². The van der Waals surface area contributed by atoms with Gasteiger partial charge in [-0.15, -0.1) is 10.2 Å². The summed E-state index contributed by atoms with van der Waals surface area (Å²) in [5.41, 5.74) is 4.82. The molecule has 2 aromatic carbocycles. The summed E-state index contributed by atoms with van der Waals surface area (Å²) in [4.78, 5) is 0. The number of nitrogens with zero attached hydrogens (tertiary/aromatic N) is 4. The molecule has 116 valence electrons. The molecule has 0 saturated heterocycles. The highest BCUT2D eigenvalue weighted by atomic mass is 32.2. The Balaban J connectivity index is 1.67. The lowest BCUT2D eigenvalue weighted by molar-refractivity contribution is 0.767. The van der Waals surface area contributed by atoms with Crippen molar-refractivity contribution in [2.45, 2.75) is 24.8 Å². The Labute approximate surface area is 140 Å². The zero-order valence-corrected chi connectivity index (χ0v) is 14.0. The van der Waals surface area contributed by atoms with Gasteiger partial charge in [0, 0.05) is 5.75 Å². The monoisotopic (exact) mass is 322 g/mol. The molecule has 23 heavy (non-hydrogen) atoms. The van der Waals surface area contributed by atoms with Crippen molar-refractivity contribution in [3.8, 4) is 0 Å². The molecule has 0 spiro atoms. The van der Waals surface area contributed by atoms with Gasteiger partial charge in [-0.2, -0.15) is 9.78 Å². The van der Waals surface area contributed by atoms with Crippen molar-refractivity contribution in [2.24, 2.45) is 5.10 Å². The molecule has 0 unspecified atom stereocenters. The lowest BCUT2D eigenvalue weighted by Crippen LogP contribution is -1.93. The van der Waals surface area contributed by atoms with Gasteiger partial charge in [0.05, 0.1) is 6.21 Å². The molecule has 4 nitrogen and oxygen atoms in total. The number of benzene rings is 2. The fraction of sp³-hybridized carbons (Fsp3) is 0.167. The third-order valence-electron chi connectivity index (χ3n) is 3.40. The lowest BCUT2D eigenvalue weighted by Gasteiger charge is -2.02. The summed E-state index contributed by atoms with van der Waals surface area (Å²) < 4.78 is 1.71. The van der Waals surface area contributed by atoms with E-state index in [0.29, 0.717) is 0 Å². The lowest BCUT2D eigenvalue weighted by atomic mass is 10.2. The van der Waals surface area contributed by atoms with Gasteiger partial charge in [-0.3, -0.25) is 0 Å². The third kappa shape index (κ3) is 4.29. The smallest absolute Gasteiger partial charge is 0.195 e. The van der Waals surface area contributed by atoms with E-state index >= 15 is 0 Å². The van der Waals surface area contributed by atoms with Crippen LogP contribution in [0.3, 0.4) is 0 Å². The highest BCUT2D eigenvalue weighted by molar-refractivity contribution is 7.98. The summed E-state index contributed by atoms with van der Waals surface area (Å²) in [6.45, 7) is 4.16. The Morgan fingerprint density at radius 1 is 1.00 bits per heavy atom. The third-order valence-corrected chi connectivity index (χ3v) is 4.40. The first kappa shape index (κ1) is 15.5. The number of rotatable bonds is 5.